The summed E-state index contributed by atoms with van der Waals surface area (Å²) in [5.74, 6) is -1.32. The fraction of sp³-hybridized carbons (Fsp3) is 0.231. The Bertz CT molecular complexity index is 482. The molecule has 0 aliphatic carbocycles. The number of hydrogen-bond acceptors (Lipinski definition) is 4. The lowest BCUT2D eigenvalue weighted by Gasteiger charge is -2.07. The molecular weight excluding hydrogens is 270 g/mol. The highest BCUT2D eigenvalue weighted by atomic mass is 35.5. The Balaban J connectivity index is 2.65. The zero-order valence-electron chi connectivity index (χ0n) is 10.6. The summed E-state index contributed by atoms with van der Waals surface area (Å²) in [5, 5.41) is 3.20. The van der Waals surface area contributed by atoms with Crippen LogP contribution in [0.5, 0.6) is 0 Å². The van der Waals surface area contributed by atoms with Crippen molar-refractivity contribution in [3.63, 3.8) is 0 Å². The average Bonchev–Trinajstić information content (AvgIpc) is 2.43. The van der Waals surface area contributed by atoms with Crippen molar-refractivity contribution in [2.45, 2.75) is 6.54 Å². The van der Waals surface area contributed by atoms with E-state index in [1.165, 1.54) is 14.2 Å². The summed E-state index contributed by atoms with van der Waals surface area (Å²) in [5.41, 5.74) is 0.665. The summed E-state index contributed by atoms with van der Waals surface area (Å²) < 4.78 is 9.16. The van der Waals surface area contributed by atoms with E-state index in [4.69, 9.17) is 11.6 Å². The minimum Gasteiger partial charge on any atom is -0.503 e. The van der Waals surface area contributed by atoms with Gasteiger partial charge >= 0.3 is 5.97 Å². The van der Waals surface area contributed by atoms with Gasteiger partial charge in [-0.25, -0.2) is 4.79 Å². The van der Waals surface area contributed by atoms with E-state index < -0.39 is 11.9 Å². The number of esters is 1. The maximum atomic E-state index is 11.8. The highest BCUT2D eigenvalue weighted by molar-refractivity contribution is 6.30. The fourth-order valence-electron chi connectivity index (χ4n) is 1.30. The first-order valence-corrected chi connectivity index (χ1v) is 5.80. The van der Waals surface area contributed by atoms with Gasteiger partial charge in [-0.1, -0.05) is 23.7 Å². The second kappa shape index (κ2) is 7.43. The van der Waals surface area contributed by atoms with Crippen LogP contribution in [0.15, 0.2) is 36.1 Å². The molecule has 5 nitrogen and oxygen atoms in total. The molecule has 1 aromatic rings. The summed E-state index contributed by atoms with van der Waals surface area (Å²) in [6.45, 7) is 0.272. The maximum absolute atomic E-state index is 11.8. The molecular formula is C13H14ClNO4. The standard InChI is InChI=1S/C13H14ClNO4/c1-18-8-11(13(17)19-2)12(16)15-7-9-3-5-10(14)6-4-9/h3-6,8H,7H2,1-2H3,(H,15,16)/b11-8-. The molecule has 0 atom stereocenters. The largest absolute Gasteiger partial charge is 0.503 e. The van der Waals surface area contributed by atoms with E-state index in [1.807, 2.05) is 0 Å². The number of nitrogens with one attached hydrogen (secondary N) is 1. The van der Waals surface area contributed by atoms with Crippen molar-refractivity contribution in [3.8, 4) is 0 Å². The summed E-state index contributed by atoms with van der Waals surface area (Å²) in [4.78, 5) is 23.1. The van der Waals surface area contributed by atoms with E-state index in [9.17, 15) is 9.59 Å². The van der Waals surface area contributed by atoms with Gasteiger partial charge in [0.2, 0.25) is 0 Å². The number of halogens is 1. The molecule has 0 radical (unpaired) electrons. The molecule has 0 spiro atoms. The Morgan fingerprint density at radius 3 is 2.42 bits per heavy atom. The first-order chi connectivity index (χ1) is 9.08. The van der Waals surface area contributed by atoms with Crippen molar-refractivity contribution < 1.29 is 19.1 Å². The van der Waals surface area contributed by atoms with Crippen molar-refractivity contribution >= 4 is 23.5 Å². The maximum Gasteiger partial charge on any atom is 0.346 e. The number of rotatable bonds is 5. The van der Waals surface area contributed by atoms with E-state index >= 15 is 0 Å². The number of methoxy groups -OCH3 is 2. The molecule has 0 aromatic heterocycles. The lowest BCUT2D eigenvalue weighted by molar-refractivity contribution is -0.138. The van der Waals surface area contributed by atoms with Crippen LogP contribution < -0.4 is 5.32 Å². The third kappa shape index (κ3) is 4.63. The molecule has 0 aliphatic heterocycles. The van der Waals surface area contributed by atoms with E-state index in [0.29, 0.717) is 5.02 Å². The first kappa shape index (κ1) is 15.0. The van der Waals surface area contributed by atoms with Gasteiger partial charge in [-0.3, -0.25) is 4.79 Å². The number of ether oxygens (including phenoxy) is 2. The predicted octanol–water partition coefficient (Wildman–Crippen LogP) is 1.66. The van der Waals surface area contributed by atoms with Crippen molar-refractivity contribution in [2.75, 3.05) is 14.2 Å². The van der Waals surface area contributed by atoms with Crippen molar-refractivity contribution in [1.29, 1.82) is 0 Å². The van der Waals surface area contributed by atoms with Gasteiger partial charge < -0.3 is 14.8 Å². The van der Waals surface area contributed by atoms with E-state index in [-0.39, 0.29) is 12.1 Å². The van der Waals surface area contributed by atoms with Crippen LogP contribution >= 0.6 is 11.6 Å². The predicted molar refractivity (Wildman–Crippen MR) is 70.4 cm³/mol. The van der Waals surface area contributed by atoms with E-state index in [0.717, 1.165) is 11.8 Å². The zero-order chi connectivity index (χ0) is 14.3. The van der Waals surface area contributed by atoms with Crippen LogP contribution in [0.1, 0.15) is 5.56 Å². The fourth-order valence-corrected chi connectivity index (χ4v) is 1.43. The quantitative estimate of drug-likeness (QED) is 0.293. The lowest BCUT2D eigenvalue weighted by Crippen LogP contribution is -2.28. The van der Waals surface area contributed by atoms with Gasteiger partial charge in [-0.2, -0.15) is 0 Å². The Morgan fingerprint density at radius 1 is 1.26 bits per heavy atom. The highest BCUT2D eigenvalue weighted by Crippen LogP contribution is 2.09. The third-order valence-electron chi connectivity index (χ3n) is 2.25. The number of carbonyl (C=O) groups is 2. The first-order valence-electron chi connectivity index (χ1n) is 5.42. The van der Waals surface area contributed by atoms with E-state index in [1.54, 1.807) is 24.3 Å². The molecule has 0 bridgehead atoms. The number of hydrogen-bond donors (Lipinski definition) is 1. The second-order valence-corrected chi connectivity index (χ2v) is 4.00. The average molecular weight is 284 g/mol. The van der Waals surface area contributed by atoms with Crippen LogP contribution in [0.25, 0.3) is 0 Å². The molecule has 19 heavy (non-hydrogen) atoms. The molecule has 1 rings (SSSR count). The highest BCUT2D eigenvalue weighted by Gasteiger charge is 2.19. The minimum atomic E-state index is -0.754. The summed E-state index contributed by atoms with van der Waals surface area (Å²) >= 11 is 5.75. The molecule has 1 N–H and O–H groups in total. The lowest BCUT2D eigenvalue weighted by atomic mass is 10.2. The van der Waals surface area contributed by atoms with Crippen LogP contribution in [-0.4, -0.2) is 26.1 Å². The van der Waals surface area contributed by atoms with Gasteiger partial charge in [0, 0.05) is 11.6 Å². The summed E-state index contributed by atoms with van der Waals surface area (Å²) in [6, 6.07) is 6.99. The molecule has 0 saturated heterocycles. The third-order valence-corrected chi connectivity index (χ3v) is 2.50. The molecule has 0 fully saturated rings. The van der Waals surface area contributed by atoms with Gasteiger partial charge in [0.1, 0.15) is 6.26 Å². The van der Waals surface area contributed by atoms with Gasteiger partial charge in [-0.15, -0.1) is 0 Å². The van der Waals surface area contributed by atoms with Gasteiger partial charge in [0.15, 0.2) is 5.57 Å². The molecule has 1 amide bonds. The molecule has 0 heterocycles. The number of amides is 1. The monoisotopic (exact) mass is 283 g/mol. The van der Waals surface area contributed by atoms with Crippen LogP contribution in [0.3, 0.4) is 0 Å². The molecule has 0 unspecified atom stereocenters. The summed E-state index contributed by atoms with van der Waals surface area (Å²) in [6.07, 6.45) is 1.04. The number of benzene rings is 1. The normalized spacial score (nSPS) is 10.8. The molecule has 0 saturated carbocycles. The van der Waals surface area contributed by atoms with Crippen molar-refractivity contribution in [1.82, 2.24) is 5.32 Å². The molecule has 1 aromatic carbocycles. The van der Waals surface area contributed by atoms with Crippen LogP contribution in [-0.2, 0) is 25.6 Å². The van der Waals surface area contributed by atoms with Crippen LogP contribution in [0.2, 0.25) is 5.02 Å². The van der Waals surface area contributed by atoms with E-state index in [2.05, 4.69) is 14.8 Å². The Morgan fingerprint density at radius 2 is 1.89 bits per heavy atom. The Hall–Kier alpha value is -2.01. The summed E-state index contributed by atoms with van der Waals surface area (Å²) in [7, 11) is 2.54. The Kier molecular flexibility index (Phi) is 5.89. The van der Waals surface area contributed by atoms with Gasteiger partial charge in [-0.05, 0) is 17.7 Å². The SMILES string of the molecule is CO/C=C(/C(=O)NCc1ccc(Cl)cc1)C(=O)OC. The Labute approximate surface area is 116 Å². The smallest absolute Gasteiger partial charge is 0.346 e. The second-order valence-electron chi connectivity index (χ2n) is 3.57. The number of carbonyl (C=O) groups excluding carboxylic acids is 2. The van der Waals surface area contributed by atoms with Crippen molar-refractivity contribution in [3.05, 3.63) is 46.7 Å². The molecule has 0 aliphatic rings. The van der Waals surface area contributed by atoms with Crippen molar-refractivity contribution in [2.24, 2.45) is 0 Å². The van der Waals surface area contributed by atoms with Gasteiger partial charge in [0.05, 0.1) is 14.2 Å². The van der Waals surface area contributed by atoms with Crippen LogP contribution in [0.4, 0.5) is 0 Å². The molecule has 102 valence electrons. The molecule has 6 heteroatoms. The topological polar surface area (TPSA) is 64.6 Å². The minimum absolute atomic E-state index is 0.195. The van der Waals surface area contributed by atoms with Gasteiger partial charge in [0.25, 0.3) is 5.91 Å². The van der Waals surface area contributed by atoms with Crippen LogP contribution in [0, 0.1) is 0 Å². The zero-order valence-corrected chi connectivity index (χ0v) is 11.4.